The zero-order valence-corrected chi connectivity index (χ0v) is 12.4. The van der Waals surface area contributed by atoms with Crippen LogP contribution >= 0.6 is 0 Å². The quantitative estimate of drug-likeness (QED) is 0.872. The van der Waals surface area contributed by atoms with Gasteiger partial charge in [0.1, 0.15) is 11.4 Å². The Balaban J connectivity index is 1.86. The first-order valence-corrected chi connectivity index (χ1v) is 7.08. The fraction of sp³-hybridized carbons (Fsp3) is 0.500. The smallest absolute Gasteiger partial charge is 0.235 e. The molecule has 0 unspecified atom stereocenters. The molecule has 1 saturated carbocycles. The van der Waals surface area contributed by atoms with Crippen molar-refractivity contribution in [2.24, 2.45) is 5.92 Å². The van der Waals surface area contributed by atoms with Crippen LogP contribution in [0.1, 0.15) is 25.3 Å². The lowest BCUT2D eigenvalue weighted by Gasteiger charge is -2.24. The van der Waals surface area contributed by atoms with Crippen molar-refractivity contribution in [1.29, 1.82) is 5.26 Å². The van der Waals surface area contributed by atoms with E-state index >= 15 is 0 Å². The van der Waals surface area contributed by atoms with Gasteiger partial charge in [-0.05, 0) is 50.4 Å². The summed E-state index contributed by atoms with van der Waals surface area (Å²) in [6.45, 7) is 2.44. The zero-order chi connectivity index (χ0) is 15.5. The van der Waals surface area contributed by atoms with Crippen molar-refractivity contribution in [3.8, 4) is 6.07 Å². The van der Waals surface area contributed by atoms with Gasteiger partial charge in [0.05, 0.1) is 12.6 Å². The van der Waals surface area contributed by atoms with Crippen molar-refractivity contribution in [3.05, 3.63) is 35.6 Å². The number of benzene rings is 1. The lowest BCUT2D eigenvalue weighted by Crippen LogP contribution is -2.49. The number of amides is 1. The summed E-state index contributed by atoms with van der Waals surface area (Å²) in [6.07, 6.45) is 1.98. The third kappa shape index (κ3) is 4.27. The minimum atomic E-state index is -0.767. The van der Waals surface area contributed by atoms with E-state index in [9.17, 15) is 14.4 Å². The van der Waals surface area contributed by atoms with Crippen molar-refractivity contribution in [3.63, 3.8) is 0 Å². The van der Waals surface area contributed by atoms with Crippen LogP contribution in [0.25, 0.3) is 0 Å². The Labute approximate surface area is 124 Å². The number of halogens is 1. The third-order valence-corrected chi connectivity index (χ3v) is 3.78. The van der Waals surface area contributed by atoms with E-state index in [0.717, 1.165) is 18.4 Å². The molecule has 4 nitrogen and oxygen atoms in total. The molecule has 0 saturated heterocycles. The monoisotopic (exact) mass is 289 g/mol. The molecule has 0 aliphatic heterocycles. The molecule has 1 fully saturated rings. The normalized spacial score (nSPS) is 17.1. The fourth-order valence-electron chi connectivity index (χ4n) is 2.46. The predicted molar refractivity (Wildman–Crippen MR) is 77.6 cm³/mol. The molecule has 1 atom stereocenters. The lowest BCUT2D eigenvalue weighted by molar-refractivity contribution is -0.123. The molecule has 0 spiro atoms. The van der Waals surface area contributed by atoms with E-state index in [0.29, 0.717) is 6.54 Å². The Morgan fingerprint density at radius 3 is 2.86 bits per heavy atom. The second-order valence-electron chi connectivity index (χ2n) is 5.94. The van der Waals surface area contributed by atoms with Gasteiger partial charge in [0, 0.05) is 6.54 Å². The van der Waals surface area contributed by atoms with E-state index in [1.54, 1.807) is 24.9 Å². The molecule has 0 radical (unpaired) electrons. The molecule has 1 aliphatic carbocycles. The summed E-state index contributed by atoms with van der Waals surface area (Å²) < 4.78 is 13.1. The standard InChI is InChI=1S/C16H20FN3O/c1-16(11-18,13-6-7-13)19-15(21)10-20(2)9-12-4-3-5-14(17)8-12/h3-5,8,13H,6-7,9-10H2,1-2H3,(H,19,21)/t16-/m1/s1. The van der Waals surface area contributed by atoms with Crippen LogP contribution in [0, 0.1) is 23.1 Å². The van der Waals surface area contributed by atoms with Gasteiger partial charge in [-0.15, -0.1) is 0 Å². The summed E-state index contributed by atoms with van der Waals surface area (Å²) >= 11 is 0. The predicted octanol–water partition coefficient (Wildman–Crippen LogP) is 2.07. The van der Waals surface area contributed by atoms with Gasteiger partial charge in [-0.3, -0.25) is 9.69 Å². The highest BCUT2D eigenvalue weighted by Crippen LogP contribution is 2.39. The zero-order valence-electron chi connectivity index (χ0n) is 12.4. The number of nitrogens with zero attached hydrogens (tertiary/aromatic N) is 2. The Bertz CT molecular complexity index is 565. The number of rotatable bonds is 6. The second kappa shape index (κ2) is 6.23. The van der Waals surface area contributed by atoms with Gasteiger partial charge in [0.25, 0.3) is 0 Å². The first-order chi connectivity index (χ1) is 9.93. The van der Waals surface area contributed by atoms with E-state index < -0.39 is 5.54 Å². The molecule has 2 rings (SSSR count). The average molecular weight is 289 g/mol. The largest absolute Gasteiger partial charge is 0.337 e. The van der Waals surface area contributed by atoms with Gasteiger partial charge in [0.2, 0.25) is 5.91 Å². The van der Waals surface area contributed by atoms with Crippen LogP contribution in [-0.2, 0) is 11.3 Å². The first-order valence-electron chi connectivity index (χ1n) is 7.08. The third-order valence-electron chi connectivity index (χ3n) is 3.78. The first kappa shape index (κ1) is 15.5. The van der Waals surface area contributed by atoms with E-state index in [-0.39, 0.29) is 24.2 Å². The molecule has 0 heterocycles. The molecule has 112 valence electrons. The van der Waals surface area contributed by atoms with Gasteiger partial charge < -0.3 is 5.32 Å². The van der Waals surface area contributed by atoms with Crippen LogP contribution in [-0.4, -0.2) is 29.9 Å². The summed E-state index contributed by atoms with van der Waals surface area (Å²) in [5.74, 6) is -0.194. The highest BCUT2D eigenvalue weighted by molar-refractivity contribution is 5.79. The summed E-state index contributed by atoms with van der Waals surface area (Å²) in [5, 5.41) is 12.0. The molecule has 1 aromatic carbocycles. The maximum absolute atomic E-state index is 13.1. The van der Waals surface area contributed by atoms with Gasteiger partial charge in [0.15, 0.2) is 0 Å². The van der Waals surface area contributed by atoms with Crippen molar-refractivity contribution in [1.82, 2.24) is 10.2 Å². The van der Waals surface area contributed by atoms with Crippen LogP contribution in [0.3, 0.4) is 0 Å². The van der Waals surface area contributed by atoms with E-state index in [1.165, 1.54) is 12.1 Å². The van der Waals surface area contributed by atoms with Crippen molar-refractivity contribution in [2.45, 2.75) is 31.8 Å². The maximum atomic E-state index is 13.1. The minimum Gasteiger partial charge on any atom is -0.337 e. The van der Waals surface area contributed by atoms with Crippen molar-refractivity contribution in [2.75, 3.05) is 13.6 Å². The molecular formula is C16H20FN3O. The summed E-state index contributed by atoms with van der Waals surface area (Å²) in [5.41, 5.74) is 0.0482. The van der Waals surface area contributed by atoms with Crippen LogP contribution in [0.5, 0.6) is 0 Å². The van der Waals surface area contributed by atoms with E-state index in [4.69, 9.17) is 0 Å². The Hall–Kier alpha value is -1.93. The Morgan fingerprint density at radius 2 is 2.29 bits per heavy atom. The van der Waals surface area contributed by atoms with Gasteiger partial charge in [-0.2, -0.15) is 5.26 Å². The topological polar surface area (TPSA) is 56.1 Å². The Morgan fingerprint density at radius 1 is 1.57 bits per heavy atom. The van der Waals surface area contributed by atoms with Crippen LogP contribution in [0.4, 0.5) is 4.39 Å². The van der Waals surface area contributed by atoms with Crippen molar-refractivity contribution >= 4 is 5.91 Å². The fourth-order valence-corrected chi connectivity index (χ4v) is 2.46. The summed E-state index contributed by atoms with van der Waals surface area (Å²) in [6, 6.07) is 8.52. The number of likely N-dealkylation sites (N-methyl/N-ethyl adjacent to an activating group) is 1. The van der Waals surface area contributed by atoms with Crippen LogP contribution < -0.4 is 5.32 Å². The van der Waals surface area contributed by atoms with Gasteiger partial charge in [-0.25, -0.2) is 4.39 Å². The molecule has 1 amide bonds. The highest BCUT2D eigenvalue weighted by Gasteiger charge is 2.42. The minimum absolute atomic E-state index is 0.176. The number of hydrogen-bond donors (Lipinski definition) is 1. The van der Waals surface area contributed by atoms with Crippen LogP contribution in [0.15, 0.2) is 24.3 Å². The summed E-state index contributed by atoms with van der Waals surface area (Å²) in [7, 11) is 1.80. The molecule has 0 bridgehead atoms. The number of nitriles is 1. The Kier molecular flexibility index (Phi) is 4.59. The number of carbonyl (C=O) groups excluding carboxylic acids is 1. The molecule has 5 heteroatoms. The number of carbonyl (C=O) groups is 1. The second-order valence-corrected chi connectivity index (χ2v) is 5.94. The van der Waals surface area contributed by atoms with E-state index in [2.05, 4.69) is 11.4 Å². The molecule has 21 heavy (non-hydrogen) atoms. The lowest BCUT2D eigenvalue weighted by atomic mass is 9.98. The molecular weight excluding hydrogens is 269 g/mol. The maximum Gasteiger partial charge on any atom is 0.235 e. The van der Waals surface area contributed by atoms with Gasteiger partial charge >= 0.3 is 0 Å². The molecule has 1 aromatic rings. The average Bonchev–Trinajstić information content (AvgIpc) is 3.22. The van der Waals surface area contributed by atoms with Crippen molar-refractivity contribution < 1.29 is 9.18 Å². The molecule has 1 aliphatic rings. The van der Waals surface area contributed by atoms with E-state index in [1.807, 2.05) is 6.07 Å². The summed E-state index contributed by atoms with van der Waals surface area (Å²) in [4.78, 5) is 13.8. The number of nitrogens with one attached hydrogen (secondary N) is 1. The SMILES string of the molecule is CN(CC(=O)N[C@](C)(C#N)C1CC1)Cc1cccc(F)c1. The highest BCUT2D eigenvalue weighted by atomic mass is 19.1. The molecule has 1 N–H and O–H groups in total. The van der Waals surface area contributed by atoms with Crippen LogP contribution in [0.2, 0.25) is 0 Å². The van der Waals surface area contributed by atoms with Gasteiger partial charge in [-0.1, -0.05) is 12.1 Å². The number of hydrogen-bond acceptors (Lipinski definition) is 3. The molecule has 0 aromatic heterocycles.